The van der Waals surface area contributed by atoms with E-state index in [1.54, 1.807) is 0 Å². The van der Waals surface area contributed by atoms with Crippen molar-refractivity contribution in [2.24, 2.45) is 11.7 Å². The number of alkyl halides is 2. The topological polar surface area (TPSA) is 79.4 Å². The molecule has 0 aliphatic heterocycles. The number of aliphatic hydroxyl groups is 2. The molecule has 1 aliphatic carbocycles. The molecule has 1 aliphatic rings. The lowest BCUT2D eigenvalue weighted by atomic mass is 9.88. The van der Waals surface area contributed by atoms with Crippen molar-refractivity contribution in [1.82, 2.24) is 4.98 Å². The van der Waals surface area contributed by atoms with Crippen molar-refractivity contribution in [2.75, 3.05) is 6.54 Å². The van der Waals surface area contributed by atoms with Gasteiger partial charge in [-0.15, -0.1) is 0 Å². The SMILES string of the molecule is CC(C)(O)c1cc(C(O)(CN)[C@@H]2CC2(F)F)nc(-c2ccc(F)cc2)c1F. The van der Waals surface area contributed by atoms with Crippen LogP contribution in [0.25, 0.3) is 11.3 Å². The molecule has 1 aromatic carbocycles. The largest absolute Gasteiger partial charge is 0.386 e. The quantitative estimate of drug-likeness (QED) is 0.693. The van der Waals surface area contributed by atoms with E-state index in [9.17, 15) is 23.4 Å². The Morgan fingerprint density at radius 2 is 1.74 bits per heavy atom. The van der Waals surface area contributed by atoms with Crippen LogP contribution in [0.4, 0.5) is 17.6 Å². The number of halogens is 4. The Balaban J connectivity index is 2.23. The van der Waals surface area contributed by atoms with E-state index in [-0.39, 0.29) is 22.5 Å². The minimum Gasteiger partial charge on any atom is -0.386 e. The highest BCUT2D eigenvalue weighted by Crippen LogP contribution is 2.57. The van der Waals surface area contributed by atoms with Gasteiger partial charge < -0.3 is 15.9 Å². The van der Waals surface area contributed by atoms with Gasteiger partial charge in [-0.3, -0.25) is 0 Å². The van der Waals surface area contributed by atoms with Gasteiger partial charge in [0.05, 0.1) is 17.2 Å². The lowest BCUT2D eigenvalue weighted by Crippen LogP contribution is -2.40. The lowest BCUT2D eigenvalue weighted by molar-refractivity contribution is -0.0304. The predicted octanol–water partition coefficient (Wildman–Crippen LogP) is 3.06. The molecule has 3 rings (SSSR count). The number of hydrogen-bond donors (Lipinski definition) is 3. The van der Waals surface area contributed by atoms with Gasteiger partial charge >= 0.3 is 0 Å². The third-order valence-corrected chi connectivity index (χ3v) is 4.89. The summed E-state index contributed by atoms with van der Waals surface area (Å²) in [7, 11) is 0. The average molecular weight is 384 g/mol. The fourth-order valence-electron chi connectivity index (χ4n) is 3.15. The molecule has 2 aromatic rings. The molecule has 0 spiro atoms. The van der Waals surface area contributed by atoms with Crippen molar-refractivity contribution in [3.8, 4) is 11.3 Å². The first-order chi connectivity index (χ1) is 12.4. The van der Waals surface area contributed by atoms with Gasteiger partial charge in [0.1, 0.15) is 17.1 Å². The van der Waals surface area contributed by atoms with Gasteiger partial charge in [-0.2, -0.15) is 0 Å². The molecule has 27 heavy (non-hydrogen) atoms. The standard InChI is InChI=1S/C19H20F4N2O2/c1-17(2,26)12-7-14(18(27,9-24)13-8-19(13,22)23)25-16(15(12)21)10-3-5-11(20)6-4-10/h3-7,13,26-27H,8-9,24H2,1-2H3/t13-,18?/m0/s1. The summed E-state index contributed by atoms with van der Waals surface area (Å²) in [4.78, 5) is 4.04. The number of nitrogens with two attached hydrogens (primary N) is 1. The molecule has 8 heteroatoms. The van der Waals surface area contributed by atoms with Gasteiger partial charge in [-0.1, -0.05) is 0 Å². The Hall–Kier alpha value is -2.03. The number of pyridine rings is 1. The summed E-state index contributed by atoms with van der Waals surface area (Å²) in [5.41, 5.74) is 1.09. The molecular weight excluding hydrogens is 364 g/mol. The summed E-state index contributed by atoms with van der Waals surface area (Å²) in [6.45, 7) is 2.08. The summed E-state index contributed by atoms with van der Waals surface area (Å²) in [6.07, 6.45) is -0.566. The molecule has 1 fully saturated rings. The highest BCUT2D eigenvalue weighted by molar-refractivity contribution is 5.62. The molecule has 146 valence electrons. The number of aromatic nitrogens is 1. The molecular formula is C19H20F4N2O2. The van der Waals surface area contributed by atoms with Crippen LogP contribution in [0.1, 0.15) is 31.5 Å². The van der Waals surface area contributed by atoms with Gasteiger partial charge in [0.2, 0.25) is 0 Å². The molecule has 0 radical (unpaired) electrons. The molecule has 1 aromatic heterocycles. The third kappa shape index (κ3) is 3.44. The monoisotopic (exact) mass is 384 g/mol. The molecule has 4 N–H and O–H groups in total. The molecule has 2 atom stereocenters. The summed E-state index contributed by atoms with van der Waals surface area (Å²) < 4.78 is 55.5. The predicted molar refractivity (Wildman–Crippen MR) is 90.8 cm³/mol. The molecule has 0 bridgehead atoms. The first-order valence-electron chi connectivity index (χ1n) is 8.40. The Labute approximate surface area is 153 Å². The van der Waals surface area contributed by atoms with E-state index in [4.69, 9.17) is 5.73 Å². The number of nitrogens with zero attached hydrogens (tertiary/aromatic N) is 1. The Bertz CT molecular complexity index is 865. The molecule has 0 saturated heterocycles. The normalized spacial score (nSPS) is 21.0. The second kappa shape index (κ2) is 6.25. The summed E-state index contributed by atoms with van der Waals surface area (Å²) in [5.74, 6) is -5.99. The van der Waals surface area contributed by atoms with E-state index in [0.29, 0.717) is 0 Å². The van der Waals surface area contributed by atoms with Gasteiger partial charge in [0.15, 0.2) is 5.82 Å². The van der Waals surface area contributed by atoms with Crippen molar-refractivity contribution in [3.63, 3.8) is 0 Å². The van der Waals surface area contributed by atoms with Gasteiger partial charge in [-0.05, 0) is 44.2 Å². The van der Waals surface area contributed by atoms with E-state index in [1.807, 2.05) is 0 Å². The van der Waals surface area contributed by atoms with E-state index in [2.05, 4.69) is 4.98 Å². The lowest BCUT2D eigenvalue weighted by Gasteiger charge is -2.29. The molecule has 1 unspecified atom stereocenters. The smallest absolute Gasteiger partial charge is 0.254 e. The van der Waals surface area contributed by atoms with Crippen molar-refractivity contribution in [3.05, 3.63) is 53.2 Å². The van der Waals surface area contributed by atoms with Crippen LogP contribution < -0.4 is 5.73 Å². The maximum absolute atomic E-state index is 15.0. The molecule has 4 nitrogen and oxygen atoms in total. The second-order valence-corrected chi connectivity index (χ2v) is 7.43. The van der Waals surface area contributed by atoms with Crippen molar-refractivity contribution in [1.29, 1.82) is 0 Å². The van der Waals surface area contributed by atoms with Gasteiger partial charge in [-0.25, -0.2) is 22.5 Å². The van der Waals surface area contributed by atoms with E-state index >= 15 is 4.39 Å². The molecule has 1 saturated carbocycles. The zero-order valence-corrected chi connectivity index (χ0v) is 14.8. The zero-order valence-electron chi connectivity index (χ0n) is 14.8. The Morgan fingerprint density at radius 1 is 1.19 bits per heavy atom. The Morgan fingerprint density at radius 3 is 2.19 bits per heavy atom. The summed E-state index contributed by atoms with van der Waals surface area (Å²) >= 11 is 0. The van der Waals surface area contributed by atoms with Crippen molar-refractivity contribution >= 4 is 0 Å². The van der Waals surface area contributed by atoms with E-state index < -0.39 is 47.6 Å². The number of rotatable bonds is 5. The first-order valence-corrected chi connectivity index (χ1v) is 8.40. The van der Waals surface area contributed by atoms with Crippen LogP contribution in [0.2, 0.25) is 0 Å². The fourth-order valence-corrected chi connectivity index (χ4v) is 3.15. The minimum atomic E-state index is -3.10. The maximum atomic E-state index is 15.0. The average Bonchev–Trinajstić information content (AvgIpc) is 3.23. The van der Waals surface area contributed by atoms with Crippen LogP contribution >= 0.6 is 0 Å². The van der Waals surface area contributed by atoms with Crippen LogP contribution in [0.5, 0.6) is 0 Å². The van der Waals surface area contributed by atoms with Crippen LogP contribution in [-0.2, 0) is 11.2 Å². The highest BCUT2D eigenvalue weighted by atomic mass is 19.3. The van der Waals surface area contributed by atoms with Crippen LogP contribution in [0.3, 0.4) is 0 Å². The molecule has 0 amide bonds. The van der Waals surface area contributed by atoms with Crippen molar-refractivity contribution < 1.29 is 27.8 Å². The maximum Gasteiger partial charge on any atom is 0.254 e. The highest BCUT2D eigenvalue weighted by Gasteiger charge is 2.67. The van der Waals surface area contributed by atoms with Crippen LogP contribution in [-0.4, -0.2) is 27.7 Å². The van der Waals surface area contributed by atoms with Crippen LogP contribution in [0, 0.1) is 17.6 Å². The first kappa shape index (κ1) is 19.7. The summed E-state index contributed by atoms with van der Waals surface area (Å²) in [5, 5.41) is 21.1. The zero-order chi connectivity index (χ0) is 20.2. The minimum absolute atomic E-state index is 0.170. The number of hydrogen-bond acceptors (Lipinski definition) is 4. The second-order valence-electron chi connectivity index (χ2n) is 7.43. The third-order valence-electron chi connectivity index (χ3n) is 4.89. The van der Waals surface area contributed by atoms with E-state index in [0.717, 1.165) is 18.2 Å². The van der Waals surface area contributed by atoms with Crippen molar-refractivity contribution in [2.45, 2.75) is 37.4 Å². The summed E-state index contributed by atoms with van der Waals surface area (Å²) in [6, 6.07) is 5.79. The van der Waals surface area contributed by atoms with E-state index in [1.165, 1.54) is 26.0 Å². The number of benzene rings is 1. The fraction of sp³-hybridized carbons (Fsp3) is 0.421. The van der Waals surface area contributed by atoms with Gasteiger partial charge in [0, 0.05) is 24.1 Å². The molecule has 1 heterocycles. The Kier molecular flexibility index (Phi) is 4.57. The van der Waals surface area contributed by atoms with Crippen LogP contribution in [0.15, 0.2) is 30.3 Å². The van der Waals surface area contributed by atoms with Gasteiger partial charge in [0.25, 0.3) is 5.92 Å².